The molecule has 1 aromatic carbocycles. The molecule has 1 unspecified atom stereocenters. The molecule has 0 aliphatic heterocycles. The first-order chi connectivity index (χ1) is 11.2. The van der Waals surface area contributed by atoms with Crippen LogP contribution in [0.4, 0.5) is 0 Å². The predicted molar refractivity (Wildman–Crippen MR) is 90.1 cm³/mol. The highest BCUT2D eigenvalue weighted by Crippen LogP contribution is 2.23. The number of nitrogens with two attached hydrogens (primary N) is 1. The van der Waals surface area contributed by atoms with E-state index in [0.717, 1.165) is 23.0 Å². The summed E-state index contributed by atoms with van der Waals surface area (Å²) < 4.78 is 6.69. The Labute approximate surface area is 140 Å². The lowest BCUT2D eigenvalue weighted by molar-refractivity contribution is -0.140. The van der Waals surface area contributed by atoms with Gasteiger partial charge in [0.2, 0.25) is 0 Å². The van der Waals surface area contributed by atoms with E-state index in [4.69, 9.17) is 5.73 Å². The Morgan fingerprint density at radius 2 is 2.09 bits per heavy atom. The number of carbonyl (C=O) groups is 1. The van der Waals surface area contributed by atoms with Gasteiger partial charge in [-0.15, -0.1) is 10.2 Å². The highest BCUT2D eigenvalue weighted by molar-refractivity contribution is 7.99. The van der Waals surface area contributed by atoms with Crippen LogP contribution < -0.4 is 5.73 Å². The second-order valence-corrected chi connectivity index (χ2v) is 6.16. The van der Waals surface area contributed by atoms with Crippen LogP contribution in [0.5, 0.6) is 0 Å². The Hall–Kier alpha value is -1.86. The van der Waals surface area contributed by atoms with Gasteiger partial charge in [0.1, 0.15) is 0 Å². The Morgan fingerprint density at radius 1 is 1.35 bits per heavy atom. The molecule has 7 heteroatoms. The molecule has 6 nitrogen and oxygen atoms in total. The number of hydrogen-bond donors (Lipinski definition) is 1. The lowest BCUT2D eigenvalue weighted by Gasteiger charge is -2.13. The Bertz CT molecular complexity index is 630. The van der Waals surface area contributed by atoms with Crippen molar-refractivity contribution in [2.24, 2.45) is 5.73 Å². The number of hydrogen-bond acceptors (Lipinski definition) is 6. The van der Waals surface area contributed by atoms with Crippen molar-refractivity contribution in [3.8, 4) is 0 Å². The number of ether oxygens (including phenoxy) is 1. The van der Waals surface area contributed by atoms with Gasteiger partial charge in [-0.1, -0.05) is 49.0 Å². The van der Waals surface area contributed by atoms with Gasteiger partial charge < -0.3 is 15.0 Å². The fourth-order valence-electron chi connectivity index (χ4n) is 2.11. The molecule has 1 atom stereocenters. The van der Waals surface area contributed by atoms with E-state index in [0.29, 0.717) is 18.7 Å². The van der Waals surface area contributed by atoms with Gasteiger partial charge in [0, 0.05) is 5.75 Å². The maximum atomic E-state index is 11.2. The van der Waals surface area contributed by atoms with Gasteiger partial charge >= 0.3 is 5.97 Å². The van der Waals surface area contributed by atoms with E-state index in [1.54, 1.807) is 0 Å². The highest BCUT2D eigenvalue weighted by Gasteiger charge is 2.18. The van der Waals surface area contributed by atoms with Gasteiger partial charge in [-0.25, -0.2) is 0 Å². The van der Waals surface area contributed by atoms with Crippen molar-refractivity contribution in [1.82, 2.24) is 14.8 Å². The maximum absolute atomic E-state index is 11.2. The van der Waals surface area contributed by atoms with Crippen LogP contribution in [0.3, 0.4) is 0 Å². The molecule has 0 fully saturated rings. The van der Waals surface area contributed by atoms with Gasteiger partial charge in [0.05, 0.1) is 26.1 Å². The first kappa shape index (κ1) is 17.5. The molecular weight excluding hydrogens is 312 g/mol. The molecule has 0 saturated heterocycles. The van der Waals surface area contributed by atoms with Gasteiger partial charge in [-0.05, 0) is 12.0 Å². The third kappa shape index (κ3) is 4.80. The molecule has 2 aromatic rings. The molecule has 0 aliphatic rings. The zero-order valence-electron chi connectivity index (χ0n) is 13.4. The molecule has 0 amide bonds. The number of carbonyl (C=O) groups excluding carboxylic acids is 1. The van der Waals surface area contributed by atoms with Crippen LogP contribution in [0.1, 0.15) is 37.2 Å². The molecule has 1 heterocycles. The van der Waals surface area contributed by atoms with E-state index in [2.05, 4.69) is 27.1 Å². The fourth-order valence-corrected chi connectivity index (χ4v) is 2.97. The Balaban J connectivity index is 2.17. The van der Waals surface area contributed by atoms with E-state index >= 15 is 0 Å². The molecule has 2 N–H and O–H groups in total. The molecule has 0 saturated carbocycles. The second-order valence-electron chi connectivity index (χ2n) is 5.10. The number of benzene rings is 1. The van der Waals surface area contributed by atoms with Crippen molar-refractivity contribution >= 4 is 17.7 Å². The smallest absolute Gasteiger partial charge is 0.306 e. The summed E-state index contributed by atoms with van der Waals surface area (Å²) in [6, 6.07) is 9.96. The third-order valence-corrected chi connectivity index (χ3v) is 4.43. The topological polar surface area (TPSA) is 83.0 Å². The quantitative estimate of drug-likeness (QED) is 0.589. The third-order valence-electron chi connectivity index (χ3n) is 3.47. The molecule has 0 aliphatic carbocycles. The number of esters is 1. The lowest BCUT2D eigenvalue weighted by atomic mass is 10.2. The van der Waals surface area contributed by atoms with Crippen LogP contribution in [-0.4, -0.2) is 33.6 Å². The van der Waals surface area contributed by atoms with Crippen LogP contribution in [0.15, 0.2) is 35.5 Å². The first-order valence-corrected chi connectivity index (χ1v) is 8.56. The summed E-state index contributed by atoms with van der Waals surface area (Å²) in [5.74, 6) is 1.15. The number of aromatic nitrogens is 3. The SMILES string of the molecule is CCC(N)c1nnc(SCCC(=O)OC)n1Cc1ccccc1. The zero-order valence-corrected chi connectivity index (χ0v) is 14.3. The average Bonchev–Trinajstić information content (AvgIpc) is 2.97. The number of methoxy groups -OCH3 is 1. The standard InChI is InChI=1S/C16H22N4O2S/c1-3-13(17)15-18-19-16(23-10-9-14(21)22-2)20(15)11-12-7-5-4-6-8-12/h4-8,13H,3,9-11,17H2,1-2H3. The van der Waals surface area contributed by atoms with Crippen molar-refractivity contribution in [3.05, 3.63) is 41.7 Å². The zero-order chi connectivity index (χ0) is 16.7. The van der Waals surface area contributed by atoms with Gasteiger partial charge in [-0.3, -0.25) is 4.79 Å². The largest absolute Gasteiger partial charge is 0.469 e. The summed E-state index contributed by atoms with van der Waals surface area (Å²) >= 11 is 1.49. The van der Waals surface area contributed by atoms with Crippen molar-refractivity contribution in [2.75, 3.05) is 12.9 Å². The molecular formula is C16H22N4O2S. The predicted octanol–water partition coefficient (Wildman–Crippen LogP) is 2.39. The fraction of sp³-hybridized carbons (Fsp3) is 0.438. The van der Waals surface area contributed by atoms with Crippen molar-refractivity contribution < 1.29 is 9.53 Å². The van der Waals surface area contributed by atoms with E-state index < -0.39 is 0 Å². The van der Waals surface area contributed by atoms with Crippen LogP contribution in [0, 0.1) is 0 Å². The van der Waals surface area contributed by atoms with Crippen molar-refractivity contribution in [3.63, 3.8) is 0 Å². The summed E-state index contributed by atoms with van der Waals surface area (Å²) in [7, 11) is 1.39. The summed E-state index contributed by atoms with van der Waals surface area (Å²) in [5, 5.41) is 9.27. The summed E-state index contributed by atoms with van der Waals surface area (Å²) in [6.45, 7) is 2.69. The van der Waals surface area contributed by atoms with E-state index in [1.807, 2.05) is 29.7 Å². The summed E-state index contributed by atoms with van der Waals surface area (Å²) in [6.07, 6.45) is 1.13. The molecule has 0 spiro atoms. The van der Waals surface area contributed by atoms with Crippen LogP contribution in [0.2, 0.25) is 0 Å². The Kier molecular flexibility index (Phi) is 6.61. The van der Waals surface area contributed by atoms with E-state index in [9.17, 15) is 4.79 Å². The molecule has 2 rings (SSSR count). The molecule has 1 aromatic heterocycles. The van der Waals surface area contributed by atoms with Crippen molar-refractivity contribution in [2.45, 2.75) is 37.5 Å². The molecule has 124 valence electrons. The summed E-state index contributed by atoms with van der Waals surface area (Å²) in [4.78, 5) is 11.2. The number of thioether (sulfide) groups is 1. The first-order valence-electron chi connectivity index (χ1n) is 7.58. The van der Waals surface area contributed by atoms with Crippen molar-refractivity contribution in [1.29, 1.82) is 0 Å². The van der Waals surface area contributed by atoms with Crippen LogP contribution in [0.25, 0.3) is 0 Å². The Morgan fingerprint density at radius 3 is 2.74 bits per heavy atom. The monoisotopic (exact) mass is 334 g/mol. The second kappa shape index (κ2) is 8.69. The highest BCUT2D eigenvalue weighted by atomic mass is 32.2. The number of rotatable bonds is 8. The minimum absolute atomic E-state index is 0.152. The molecule has 0 bridgehead atoms. The van der Waals surface area contributed by atoms with E-state index in [1.165, 1.54) is 18.9 Å². The summed E-state index contributed by atoms with van der Waals surface area (Å²) in [5.41, 5.74) is 7.31. The molecule has 0 radical (unpaired) electrons. The van der Waals surface area contributed by atoms with E-state index in [-0.39, 0.29) is 12.0 Å². The minimum atomic E-state index is -0.225. The van der Waals surface area contributed by atoms with Gasteiger partial charge in [0.15, 0.2) is 11.0 Å². The van der Waals surface area contributed by atoms with Crippen LogP contribution >= 0.6 is 11.8 Å². The van der Waals surface area contributed by atoms with Gasteiger partial charge in [0.25, 0.3) is 0 Å². The number of nitrogens with zero attached hydrogens (tertiary/aromatic N) is 3. The minimum Gasteiger partial charge on any atom is -0.469 e. The average molecular weight is 334 g/mol. The van der Waals surface area contributed by atoms with Crippen LogP contribution in [-0.2, 0) is 16.1 Å². The maximum Gasteiger partial charge on any atom is 0.306 e. The lowest BCUT2D eigenvalue weighted by Crippen LogP contribution is -2.17. The normalized spacial score (nSPS) is 12.1. The van der Waals surface area contributed by atoms with Gasteiger partial charge in [-0.2, -0.15) is 0 Å². The molecule has 23 heavy (non-hydrogen) atoms.